The van der Waals surface area contributed by atoms with Gasteiger partial charge in [0.25, 0.3) is 0 Å². The average Bonchev–Trinajstić information content (AvgIpc) is 3.07. The van der Waals surface area contributed by atoms with Gasteiger partial charge in [-0.05, 0) is 37.8 Å². The van der Waals surface area contributed by atoms with Gasteiger partial charge in [-0.3, -0.25) is 9.59 Å². The predicted octanol–water partition coefficient (Wildman–Crippen LogP) is 3.53. The van der Waals surface area contributed by atoms with Crippen LogP contribution < -0.4 is 5.19 Å². The van der Waals surface area contributed by atoms with E-state index in [1.807, 2.05) is 19.1 Å². The summed E-state index contributed by atoms with van der Waals surface area (Å²) in [5.41, 5.74) is 0.863. The number of ether oxygens (including phenoxy) is 2. The van der Waals surface area contributed by atoms with Crippen molar-refractivity contribution in [2.45, 2.75) is 39.8 Å². The van der Waals surface area contributed by atoms with Crippen LogP contribution in [0.25, 0.3) is 0 Å². The lowest BCUT2D eigenvalue weighted by Gasteiger charge is -2.27. The number of carbonyl (C=O) groups excluding carboxylic acids is 2. The Labute approximate surface area is 156 Å². The second kappa shape index (κ2) is 7.62. The Morgan fingerprint density at radius 2 is 1.58 bits per heavy atom. The van der Waals surface area contributed by atoms with Crippen molar-refractivity contribution in [3.05, 3.63) is 52.8 Å². The van der Waals surface area contributed by atoms with E-state index in [1.54, 1.807) is 0 Å². The van der Waals surface area contributed by atoms with Crippen LogP contribution in [0, 0.1) is 5.41 Å². The molecule has 0 aliphatic heterocycles. The van der Waals surface area contributed by atoms with Crippen molar-refractivity contribution >= 4 is 25.2 Å². The van der Waals surface area contributed by atoms with Crippen LogP contribution in [0.5, 0.6) is 0 Å². The number of esters is 2. The molecule has 140 valence electrons. The summed E-state index contributed by atoms with van der Waals surface area (Å²) in [6.45, 7) is 8.69. The molecule has 0 unspecified atom stereocenters. The number of benzene rings is 1. The number of allylic oxidation sites excluding steroid dienone is 4. The molecule has 1 aromatic carbocycles. The van der Waals surface area contributed by atoms with Crippen molar-refractivity contribution in [1.82, 2.24) is 0 Å². The van der Waals surface area contributed by atoms with E-state index < -0.39 is 25.4 Å². The number of carbonyl (C=O) groups is 2. The predicted molar refractivity (Wildman–Crippen MR) is 106 cm³/mol. The van der Waals surface area contributed by atoms with Crippen molar-refractivity contribution in [1.29, 1.82) is 0 Å². The second-order valence-electron chi connectivity index (χ2n) is 7.33. The minimum Gasteiger partial charge on any atom is -0.468 e. The molecule has 0 spiro atoms. The molecule has 0 aromatic heterocycles. The fourth-order valence-corrected chi connectivity index (χ4v) is 6.23. The zero-order valence-electron chi connectivity index (χ0n) is 16.5. The van der Waals surface area contributed by atoms with E-state index in [-0.39, 0.29) is 0 Å². The van der Waals surface area contributed by atoms with Crippen LogP contribution in [-0.2, 0) is 19.1 Å². The van der Waals surface area contributed by atoms with Crippen LogP contribution in [0.1, 0.15) is 26.7 Å². The molecule has 4 nitrogen and oxygen atoms in total. The van der Waals surface area contributed by atoms with Crippen molar-refractivity contribution in [2.75, 3.05) is 14.2 Å². The molecule has 2 rings (SSSR count). The zero-order valence-corrected chi connectivity index (χ0v) is 17.5. The maximum absolute atomic E-state index is 12.5. The fourth-order valence-electron chi connectivity index (χ4n) is 3.77. The highest BCUT2D eigenvalue weighted by Gasteiger charge is 2.54. The summed E-state index contributed by atoms with van der Waals surface area (Å²) >= 11 is 0. The van der Waals surface area contributed by atoms with E-state index in [0.29, 0.717) is 12.8 Å². The van der Waals surface area contributed by atoms with Crippen LogP contribution in [0.2, 0.25) is 13.1 Å². The Bertz CT molecular complexity index is 743. The van der Waals surface area contributed by atoms with E-state index in [9.17, 15) is 9.59 Å². The highest BCUT2D eigenvalue weighted by Crippen LogP contribution is 2.48. The Morgan fingerprint density at radius 3 is 2.04 bits per heavy atom. The van der Waals surface area contributed by atoms with Gasteiger partial charge in [0.2, 0.25) is 0 Å². The molecule has 0 bridgehead atoms. The second-order valence-corrected chi connectivity index (χ2v) is 11.9. The van der Waals surface area contributed by atoms with Gasteiger partial charge >= 0.3 is 11.9 Å². The van der Waals surface area contributed by atoms with Crippen LogP contribution in [-0.4, -0.2) is 34.2 Å². The van der Waals surface area contributed by atoms with Gasteiger partial charge in [-0.1, -0.05) is 59.9 Å². The van der Waals surface area contributed by atoms with Gasteiger partial charge in [0.1, 0.15) is 8.07 Å². The quantitative estimate of drug-likeness (QED) is 0.461. The van der Waals surface area contributed by atoms with Crippen LogP contribution in [0.4, 0.5) is 0 Å². The smallest absolute Gasteiger partial charge is 0.323 e. The topological polar surface area (TPSA) is 52.6 Å². The summed E-state index contributed by atoms with van der Waals surface area (Å²) in [6, 6.07) is 10.5. The summed E-state index contributed by atoms with van der Waals surface area (Å²) in [4.78, 5) is 25.0. The SMILES string of the molecule is C/C=C1\CC(C(=O)OC)(C(=O)OC)C\C1=C(/C)[Si](C)(C)c1ccccc1. The lowest BCUT2D eigenvalue weighted by molar-refractivity contribution is -0.168. The third-order valence-electron chi connectivity index (χ3n) is 5.74. The molecule has 1 aliphatic carbocycles. The Morgan fingerprint density at radius 1 is 1.04 bits per heavy atom. The van der Waals surface area contributed by atoms with Crippen molar-refractivity contribution in [3.63, 3.8) is 0 Å². The summed E-state index contributed by atoms with van der Waals surface area (Å²) < 4.78 is 9.95. The highest BCUT2D eigenvalue weighted by molar-refractivity contribution is 6.95. The van der Waals surface area contributed by atoms with E-state index in [0.717, 1.165) is 11.1 Å². The van der Waals surface area contributed by atoms with Gasteiger partial charge in [0, 0.05) is 0 Å². The highest BCUT2D eigenvalue weighted by atomic mass is 28.3. The minimum atomic E-state index is -1.92. The molecule has 0 atom stereocenters. The molecule has 26 heavy (non-hydrogen) atoms. The number of hydrogen-bond donors (Lipinski definition) is 0. The van der Waals surface area contributed by atoms with Gasteiger partial charge < -0.3 is 9.47 Å². The first kappa shape index (κ1) is 20.2. The number of methoxy groups -OCH3 is 2. The minimum absolute atomic E-state index is 0.328. The van der Waals surface area contributed by atoms with Crippen LogP contribution >= 0.6 is 0 Å². The third-order valence-corrected chi connectivity index (χ3v) is 9.70. The molecule has 1 fully saturated rings. The molecule has 0 radical (unpaired) electrons. The first-order valence-electron chi connectivity index (χ1n) is 8.82. The maximum atomic E-state index is 12.5. The standard InChI is InChI=1S/C21H28O4Si/c1-7-16-13-21(19(22)24-3,20(23)25-4)14-18(16)15(2)26(5,6)17-11-9-8-10-12-17/h7-12H,13-14H2,1-6H3/b16-7+,18-15-. The summed E-state index contributed by atoms with van der Waals surface area (Å²) in [5, 5.41) is 2.61. The van der Waals surface area contributed by atoms with Crippen molar-refractivity contribution in [3.8, 4) is 0 Å². The van der Waals surface area contributed by atoms with E-state index in [4.69, 9.17) is 9.47 Å². The van der Waals surface area contributed by atoms with Gasteiger partial charge in [-0.2, -0.15) is 0 Å². The number of hydrogen-bond acceptors (Lipinski definition) is 4. The summed E-state index contributed by atoms with van der Waals surface area (Å²) in [6.07, 6.45) is 2.66. The van der Waals surface area contributed by atoms with Gasteiger partial charge in [-0.25, -0.2) is 0 Å². The van der Waals surface area contributed by atoms with E-state index in [1.165, 1.54) is 24.6 Å². The molecule has 1 aromatic rings. The summed E-state index contributed by atoms with van der Waals surface area (Å²) in [7, 11) is 0.714. The first-order chi connectivity index (χ1) is 12.2. The number of rotatable bonds is 4. The lowest BCUT2D eigenvalue weighted by Crippen LogP contribution is -2.43. The Hall–Kier alpha value is -2.14. The molecular weight excluding hydrogens is 344 g/mol. The first-order valence-corrected chi connectivity index (χ1v) is 11.8. The summed E-state index contributed by atoms with van der Waals surface area (Å²) in [5.74, 6) is -1.05. The van der Waals surface area contributed by atoms with Crippen molar-refractivity contribution in [2.24, 2.45) is 5.41 Å². The maximum Gasteiger partial charge on any atom is 0.323 e. The molecule has 1 saturated carbocycles. The molecule has 1 aliphatic rings. The fraction of sp³-hybridized carbons (Fsp3) is 0.429. The lowest BCUT2D eigenvalue weighted by atomic mass is 9.85. The third kappa shape index (κ3) is 3.28. The zero-order chi connectivity index (χ0) is 19.5. The van der Waals surface area contributed by atoms with Crippen LogP contribution in [0.15, 0.2) is 52.8 Å². The Balaban J connectivity index is 2.59. The molecular formula is C21H28O4Si. The van der Waals surface area contributed by atoms with E-state index in [2.05, 4.69) is 44.3 Å². The molecule has 0 N–H and O–H groups in total. The normalized spacial score (nSPS) is 20.0. The molecule has 0 amide bonds. The molecule has 5 heteroatoms. The molecule has 0 saturated heterocycles. The van der Waals surface area contributed by atoms with Gasteiger partial charge in [0.05, 0.1) is 14.2 Å². The van der Waals surface area contributed by atoms with Gasteiger partial charge in [0.15, 0.2) is 5.41 Å². The Kier molecular flexibility index (Phi) is 5.91. The van der Waals surface area contributed by atoms with E-state index >= 15 is 0 Å². The molecule has 0 heterocycles. The van der Waals surface area contributed by atoms with Gasteiger partial charge in [-0.15, -0.1) is 0 Å². The average molecular weight is 373 g/mol. The van der Waals surface area contributed by atoms with Crippen molar-refractivity contribution < 1.29 is 19.1 Å². The van der Waals surface area contributed by atoms with Crippen LogP contribution in [0.3, 0.4) is 0 Å². The monoisotopic (exact) mass is 372 g/mol. The largest absolute Gasteiger partial charge is 0.468 e.